The quantitative estimate of drug-likeness (QED) is 0.582. The summed E-state index contributed by atoms with van der Waals surface area (Å²) in [4.78, 5) is 6.99. The third kappa shape index (κ3) is 5.62. The molecule has 0 atom stereocenters. The molecule has 0 amide bonds. The molecule has 1 aliphatic rings. The molecule has 6 heteroatoms. The standard InChI is InChI=1S/C21H27ClN4O/c1-27-20-9-5-4-8-19(20)25-21(23)24-14-16-10-12-26(13-11-16)15-17-6-2-3-7-18(17)22/h2-9,16H,10-15H2,1H3,(H3,23,24,25). The highest BCUT2D eigenvalue weighted by Crippen LogP contribution is 2.24. The van der Waals surface area contributed by atoms with Gasteiger partial charge in [-0.25, -0.2) is 0 Å². The number of nitrogens with zero attached hydrogens (tertiary/aromatic N) is 2. The van der Waals surface area contributed by atoms with Crippen LogP contribution in [0.5, 0.6) is 5.75 Å². The molecule has 1 heterocycles. The third-order valence-electron chi connectivity index (χ3n) is 4.95. The molecule has 0 spiro atoms. The number of ether oxygens (including phenoxy) is 1. The molecule has 2 aromatic rings. The molecule has 0 aromatic heterocycles. The molecule has 2 aromatic carbocycles. The number of para-hydroxylation sites is 2. The maximum atomic E-state index is 6.27. The molecular formula is C21H27ClN4O. The van der Waals surface area contributed by atoms with Crippen LogP contribution in [0.3, 0.4) is 0 Å². The maximum absolute atomic E-state index is 6.27. The van der Waals surface area contributed by atoms with Gasteiger partial charge in [-0.05, 0) is 55.6 Å². The second-order valence-corrected chi connectivity index (χ2v) is 7.27. The first-order chi connectivity index (χ1) is 13.2. The van der Waals surface area contributed by atoms with Crippen LogP contribution in [-0.2, 0) is 6.54 Å². The Hall–Kier alpha value is -2.24. The van der Waals surface area contributed by atoms with Gasteiger partial charge in [0.15, 0.2) is 5.96 Å². The van der Waals surface area contributed by atoms with Gasteiger partial charge in [-0.15, -0.1) is 0 Å². The van der Waals surface area contributed by atoms with Crippen molar-refractivity contribution < 1.29 is 4.74 Å². The van der Waals surface area contributed by atoms with Crippen molar-refractivity contribution in [3.63, 3.8) is 0 Å². The average Bonchev–Trinajstić information content (AvgIpc) is 2.69. The lowest BCUT2D eigenvalue weighted by atomic mass is 9.96. The summed E-state index contributed by atoms with van der Waals surface area (Å²) in [6, 6.07) is 15.7. The number of nitrogens with one attached hydrogen (secondary N) is 1. The van der Waals surface area contributed by atoms with Gasteiger partial charge in [0.2, 0.25) is 0 Å². The van der Waals surface area contributed by atoms with E-state index in [0.717, 1.165) is 55.5 Å². The van der Waals surface area contributed by atoms with E-state index in [1.54, 1.807) is 7.11 Å². The molecule has 1 aliphatic heterocycles. The van der Waals surface area contributed by atoms with Crippen LogP contribution in [0.25, 0.3) is 0 Å². The monoisotopic (exact) mass is 386 g/mol. The zero-order chi connectivity index (χ0) is 19.1. The number of aliphatic imine (C=N–C) groups is 1. The van der Waals surface area contributed by atoms with Crippen molar-refractivity contribution in [2.75, 3.05) is 32.1 Å². The van der Waals surface area contributed by atoms with Crippen LogP contribution in [0.15, 0.2) is 53.5 Å². The number of likely N-dealkylation sites (tertiary alicyclic amines) is 1. The lowest BCUT2D eigenvalue weighted by Gasteiger charge is -2.31. The van der Waals surface area contributed by atoms with Crippen LogP contribution in [0, 0.1) is 5.92 Å². The van der Waals surface area contributed by atoms with Gasteiger partial charge in [0.05, 0.1) is 12.8 Å². The molecule has 27 heavy (non-hydrogen) atoms. The highest BCUT2D eigenvalue weighted by Gasteiger charge is 2.19. The molecule has 3 N–H and O–H groups in total. The Morgan fingerprint density at radius 1 is 1.19 bits per heavy atom. The number of hydrogen-bond acceptors (Lipinski definition) is 3. The molecular weight excluding hydrogens is 360 g/mol. The average molecular weight is 387 g/mol. The van der Waals surface area contributed by atoms with Gasteiger partial charge in [-0.1, -0.05) is 41.9 Å². The fourth-order valence-corrected chi connectivity index (χ4v) is 3.54. The summed E-state index contributed by atoms with van der Waals surface area (Å²) >= 11 is 6.27. The normalized spacial score (nSPS) is 16.3. The summed E-state index contributed by atoms with van der Waals surface area (Å²) in [5, 5.41) is 3.97. The van der Waals surface area contributed by atoms with E-state index in [1.165, 1.54) is 5.56 Å². The van der Waals surface area contributed by atoms with Gasteiger partial charge in [-0.3, -0.25) is 9.89 Å². The van der Waals surface area contributed by atoms with Crippen molar-refractivity contribution in [3.8, 4) is 5.75 Å². The van der Waals surface area contributed by atoms with E-state index in [4.69, 9.17) is 22.1 Å². The number of piperidine rings is 1. The topological polar surface area (TPSA) is 62.9 Å². The summed E-state index contributed by atoms with van der Waals surface area (Å²) in [5.41, 5.74) is 8.08. The van der Waals surface area contributed by atoms with E-state index in [9.17, 15) is 0 Å². The van der Waals surface area contributed by atoms with Gasteiger partial charge in [0.25, 0.3) is 0 Å². The van der Waals surface area contributed by atoms with Crippen LogP contribution >= 0.6 is 11.6 Å². The van der Waals surface area contributed by atoms with Crippen LogP contribution in [0.2, 0.25) is 5.02 Å². The lowest BCUT2D eigenvalue weighted by molar-refractivity contribution is 0.180. The van der Waals surface area contributed by atoms with Gasteiger partial charge in [0, 0.05) is 18.1 Å². The maximum Gasteiger partial charge on any atom is 0.193 e. The first-order valence-electron chi connectivity index (χ1n) is 9.31. The number of anilines is 1. The molecule has 1 fully saturated rings. The molecule has 0 bridgehead atoms. The smallest absolute Gasteiger partial charge is 0.193 e. The molecule has 1 saturated heterocycles. The molecule has 5 nitrogen and oxygen atoms in total. The Labute approximate surface area is 166 Å². The fourth-order valence-electron chi connectivity index (χ4n) is 3.35. The van der Waals surface area contributed by atoms with Crippen LogP contribution in [-0.4, -0.2) is 37.6 Å². The Kier molecular flexibility index (Phi) is 6.96. The van der Waals surface area contributed by atoms with Crippen molar-refractivity contribution in [3.05, 3.63) is 59.1 Å². The number of rotatable bonds is 6. The highest BCUT2D eigenvalue weighted by molar-refractivity contribution is 6.31. The zero-order valence-corrected chi connectivity index (χ0v) is 16.5. The number of methoxy groups -OCH3 is 1. The zero-order valence-electron chi connectivity index (χ0n) is 15.7. The number of guanidine groups is 1. The van der Waals surface area contributed by atoms with E-state index in [1.807, 2.05) is 42.5 Å². The number of benzene rings is 2. The van der Waals surface area contributed by atoms with E-state index in [0.29, 0.717) is 11.9 Å². The highest BCUT2D eigenvalue weighted by atomic mass is 35.5. The van der Waals surface area contributed by atoms with Crippen molar-refractivity contribution >= 4 is 23.2 Å². The molecule has 0 aliphatic carbocycles. The molecule has 0 radical (unpaired) electrons. The number of hydrogen-bond donors (Lipinski definition) is 2. The number of halogens is 1. The van der Waals surface area contributed by atoms with Crippen LogP contribution in [0.1, 0.15) is 18.4 Å². The minimum absolute atomic E-state index is 0.429. The predicted molar refractivity (Wildman–Crippen MR) is 113 cm³/mol. The SMILES string of the molecule is COc1ccccc1NC(N)=NCC1CCN(Cc2ccccc2Cl)CC1. The fraction of sp³-hybridized carbons (Fsp3) is 0.381. The summed E-state index contributed by atoms with van der Waals surface area (Å²) in [7, 11) is 1.64. The van der Waals surface area contributed by atoms with Gasteiger partial charge in [-0.2, -0.15) is 0 Å². The van der Waals surface area contributed by atoms with Crippen molar-refractivity contribution in [1.82, 2.24) is 4.90 Å². The lowest BCUT2D eigenvalue weighted by Crippen LogP contribution is -2.34. The summed E-state index contributed by atoms with van der Waals surface area (Å²) < 4.78 is 5.32. The first-order valence-corrected chi connectivity index (χ1v) is 9.69. The van der Waals surface area contributed by atoms with E-state index >= 15 is 0 Å². The van der Waals surface area contributed by atoms with Gasteiger partial charge in [0.1, 0.15) is 5.75 Å². The van der Waals surface area contributed by atoms with Crippen molar-refractivity contribution in [2.24, 2.45) is 16.6 Å². The molecule has 0 saturated carbocycles. The second-order valence-electron chi connectivity index (χ2n) is 6.86. The molecule has 3 rings (SSSR count). The first kappa shape index (κ1) is 19.5. The van der Waals surface area contributed by atoms with Crippen molar-refractivity contribution in [1.29, 1.82) is 0 Å². The largest absolute Gasteiger partial charge is 0.495 e. The molecule has 0 unspecified atom stereocenters. The van der Waals surface area contributed by atoms with Crippen LogP contribution < -0.4 is 15.8 Å². The summed E-state index contributed by atoms with van der Waals surface area (Å²) in [5.74, 6) is 1.74. The summed E-state index contributed by atoms with van der Waals surface area (Å²) in [6.45, 7) is 3.78. The Balaban J connectivity index is 1.46. The summed E-state index contributed by atoms with van der Waals surface area (Å²) in [6.07, 6.45) is 2.24. The van der Waals surface area contributed by atoms with Crippen LogP contribution in [0.4, 0.5) is 5.69 Å². The second kappa shape index (κ2) is 9.62. The van der Waals surface area contributed by atoms with Crippen molar-refractivity contribution in [2.45, 2.75) is 19.4 Å². The Morgan fingerprint density at radius 2 is 1.89 bits per heavy atom. The van der Waals surface area contributed by atoms with Gasteiger partial charge >= 0.3 is 0 Å². The van der Waals surface area contributed by atoms with E-state index in [-0.39, 0.29) is 0 Å². The van der Waals surface area contributed by atoms with E-state index in [2.05, 4.69) is 21.3 Å². The van der Waals surface area contributed by atoms with E-state index < -0.39 is 0 Å². The Bertz CT molecular complexity index is 772. The third-order valence-corrected chi connectivity index (χ3v) is 5.32. The number of nitrogens with two attached hydrogens (primary N) is 1. The molecule has 144 valence electrons. The minimum atomic E-state index is 0.429. The van der Waals surface area contributed by atoms with Gasteiger partial charge < -0.3 is 15.8 Å². The predicted octanol–water partition coefficient (Wildman–Crippen LogP) is 3.99. The Morgan fingerprint density at radius 3 is 2.63 bits per heavy atom. The minimum Gasteiger partial charge on any atom is -0.495 e.